The topological polar surface area (TPSA) is 75.6 Å². The second-order valence-corrected chi connectivity index (χ2v) is 8.42. The smallest absolute Gasteiger partial charge is 0.407 e. The fourth-order valence-corrected chi connectivity index (χ4v) is 4.26. The first-order valence-corrected chi connectivity index (χ1v) is 10.7. The maximum Gasteiger partial charge on any atom is 0.407 e. The molecule has 2 N–H and O–H groups in total. The normalized spacial score (nSPS) is 13.2. The van der Waals surface area contributed by atoms with E-state index in [1.54, 1.807) is 0 Å². The van der Waals surface area contributed by atoms with Crippen molar-refractivity contribution in [3.05, 3.63) is 93.1 Å². The molecule has 0 bridgehead atoms. The predicted octanol–water partition coefficient (Wildman–Crippen LogP) is 5.35. The van der Waals surface area contributed by atoms with Crippen LogP contribution in [0.25, 0.3) is 11.1 Å². The molecule has 0 spiro atoms. The van der Waals surface area contributed by atoms with Crippen molar-refractivity contribution in [1.29, 1.82) is 0 Å². The second kappa shape index (κ2) is 8.87. The fraction of sp³-hybridized carbons (Fsp3) is 0.167. The number of nitrogens with one attached hydrogen (secondary N) is 1. The first-order chi connectivity index (χ1) is 14.5. The predicted molar refractivity (Wildman–Crippen MR) is 122 cm³/mol. The highest BCUT2D eigenvalue weighted by atomic mass is 127. The summed E-state index contributed by atoms with van der Waals surface area (Å²) in [6.07, 6.45) is -0.841. The number of amides is 1. The summed E-state index contributed by atoms with van der Waals surface area (Å²) in [4.78, 5) is 23.8. The van der Waals surface area contributed by atoms with Gasteiger partial charge in [-0.3, -0.25) is 4.79 Å². The van der Waals surface area contributed by atoms with Gasteiger partial charge in [-0.1, -0.05) is 60.7 Å². The highest BCUT2D eigenvalue weighted by Gasteiger charge is 2.29. The number of halogens is 1. The number of hydrogen-bond acceptors (Lipinski definition) is 3. The van der Waals surface area contributed by atoms with E-state index in [-0.39, 0.29) is 18.9 Å². The molecule has 3 aromatic carbocycles. The zero-order chi connectivity index (χ0) is 21.1. The minimum absolute atomic E-state index is 0.0422. The van der Waals surface area contributed by atoms with Crippen molar-refractivity contribution in [2.75, 3.05) is 6.61 Å². The van der Waals surface area contributed by atoms with Crippen LogP contribution in [0.1, 0.15) is 35.1 Å². The molecule has 0 heterocycles. The van der Waals surface area contributed by atoms with E-state index in [0.717, 1.165) is 31.4 Å². The first-order valence-electron chi connectivity index (χ1n) is 9.61. The van der Waals surface area contributed by atoms with Crippen molar-refractivity contribution in [2.45, 2.75) is 18.4 Å². The molecule has 1 aliphatic rings. The van der Waals surface area contributed by atoms with Crippen LogP contribution in [0.3, 0.4) is 0 Å². The molecule has 0 fully saturated rings. The summed E-state index contributed by atoms with van der Waals surface area (Å²) in [5.74, 6) is -1.03. The van der Waals surface area contributed by atoms with Gasteiger partial charge in [-0.15, -0.1) is 0 Å². The minimum atomic E-state index is -0.988. The average molecular weight is 513 g/mol. The SMILES string of the molecule is O=C(O)CC(NC(=O)OCC1c2ccccc2-c2ccccc21)c1ccc(I)cc1. The molecule has 0 radical (unpaired) electrons. The summed E-state index contributed by atoms with van der Waals surface area (Å²) < 4.78 is 6.59. The van der Waals surface area contributed by atoms with Crippen LogP contribution in [0, 0.1) is 3.57 Å². The minimum Gasteiger partial charge on any atom is -0.481 e. The van der Waals surface area contributed by atoms with Gasteiger partial charge in [-0.05, 0) is 62.5 Å². The van der Waals surface area contributed by atoms with E-state index in [0.29, 0.717) is 0 Å². The molecule has 0 aliphatic heterocycles. The van der Waals surface area contributed by atoms with E-state index < -0.39 is 18.1 Å². The molecule has 30 heavy (non-hydrogen) atoms. The molecule has 152 valence electrons. The van der Waals surface area contributed by atoms with E-state index in [1.807, 2.05) is 48.5 Å². The maximum atomic E-state index is 12.5. The maximum absolute atomic E-state index is 12.5. The third kappa shape index (κ3) is 4.33. The summed E-state index contributed by atoms with van der Waals surface area (Å²) in [6, 6.07) is 23.0. The monoisotopic (exact) mass is 513 g/mol. The lowest BCUT2D eigenvalue weighted by Crippen LogP contribution is -2.31. The van der Waals surface area contributed by atoms with Crippen LogP contribution < -0.4 is 5.32 Å². The summed E-state index contributed by atoms with van der Waals surface area (Å²) >= 11 is 2.18. The number of aliphatic carboxylic acids is 1. The summed E-state index contributed by atoms with van der Waals surface area (Å²) in [7, 11) is 0. The number of carbonyl (C=O) groups is 2. The van der Waals surface area contributed by atoms with Crippen molar-refractivity contribution in [1.82, 2.24) is 5.32 Å². The van der Waals surface area contributed by atoms with Gasteiger partial charge in [0.2, 0.25) is 0 Å². The van der Waals surface area contributed by atoms with Gasteiger partial charge >= 0.3 is 12.1 Å². The van der Waals surface area contributed by atoms with Gasteiger partial charge < -0.3 is 15.2 Å². The Kier molecular flexibility index (Phi) is 6.03. The third-order valence-electron chi connectivity index (χ3n) is 5.29. The molecule has 1 amide bonds. The molecular weight excluding hydrogens is 493 g/mol. The van der Waals surface area contributed by atoms with Crippen molar-refractivity contribution in [2.24, 2.45) is 0 Å². The van der Waals surface area contributed by atoms with Gasteiger partial charge in [-0.25, -0.2) is 4.79 Å². The number of carbonyl (C=O) groups excluding carboxylic acids is 1. The third-order valence-corrected chi connectivity index (χ3v) is 6.01. The number of rotatable bonds is 6. The van der Waals surface area contributed by atoms with E-state index in [4.69, 9.17) is 4.74 Å². The van der Waals surface area contributed by atoms with E-state index >= 15 is 0 Å². The first kappa shape index (κ1) is 20.4. The van der Waals surface area contributed by atoms with Crippen LogP contribution in [-0.2, 0) is 9.53 Å². The molecule has 0 aromatic heterocycles. The summed E-state index contributed by atoms with van der Waals surface area (Å²) in [5, 5.41) is 12.0. The van der Waals surface area contributed by atoms with Gasteiger partial charge in [0.15, 0.2) is 0 Å². The molecule has 0 saturated carbocycles. The Hall–Kier alpha value is -2.87. The van der Waals surface area contributed by atoms with Crippen molar-refractivity contribution >= 4 is 34.7 Å². The Morgan fingerprint density at radius 1 is 0.933 bits per heavy atom. The van der Waals surface area contributed by atoms with Gasteiger partial charge in [0.1, 0.15) is 6.61 Å². The van der Waals surface area contributed by atoms with Gasteiger partial charge in [-0.2, -0.15) is 0 Å². The van der Waals surface area contributed by atoms with Gasteiger partial charge in [0.25, 0.3) is 0 Å². The molecule has 1 unspecified atom stereocenters. The van der Waals surface area contributed by atoms with E-state index in [9.17, 15) is 14.7 Å². The van der Waals surface area contributed by atoms with Gasteiger partial charge in [0.05, 0.1) is 12.5 Å². The quantitative estimate of drug-likeness (QED) is 0.436. The van der Waals surface area contributed by atoms with E-state index in [1.165, 1.54) is 0 Å². The lowest BCUT2D eigenvalue weighted by Gasteiger charge is -2.19. The number of ether oxygens (including phenoxy) is 1. The Morgan fingerprint density at radius 2 is 1.50 bits per heavy atom. The van der Waals surface area contributed by atoms with Gasteiger partial charge in [0, 0.05) is 9.49 Å². The van der Waals surface area contributed by atoms with E-state index in [2.05, 4.69) is 52.2 Å². The Bertz CT molecular complexity index is 1040. The Balaban J connectivity index is 1.47. The average Bonchev–Trinajstić information content (AvgIpc) is 3.06. The number of benzene rings is 3. The molecule has 0 saturated heterocycles. The van der Waals surface area contributed by atoms with Crippen molar-refractivity contribution in [3.63, 3.8) is 0 Å². The standard InChI is InChI=1S/C24H20INO4/c25-16-11-9-15(10-12-16)22(13-23(27)28)26-24(29)30-14-21-19-7-3-1-5-17(19)18-6-2-4-8-20(18)21/h1-12,21-22H,13-14H2,(H,26,29)(H,27,28). The molecule has 1 atom stereocenters. The van der Waals surface area contributed by atoms with Crippen LogP contribution in [0.15, 0.2) is 72.8 Å². The Labute approximate surface area is 188 Å². The number of fused-ring (bicyclic) bond motifs is 3. The van der Waals surface area contributed by atoms with Crippen LogP contribution in [0.4, 0.5) is 4.79 Å². The molecule has 1 aliphatic carbocycles. The van der Waals surface area contributed by atoms with Crippen LogP contribution >= 0.6 is 22.6 Å². The lowest BCUT2D eigenvalue weighted by atomic mass is 9.98. The lowest BCUT2D eigenvalue weighted by molar-refractivity contribution is -0.137. The zero-order valence-electron chi connectivity index (χ0n) is 16.0. The fourth-order valence-electron chi connectivity index (χ4n) is 3.90. The van der Waals surface area contributed by atoms with Crippen molar-refractivity contribution < 1.29 is 19.4 Å². The number of carboxylic acid groups (broad SMARTS) is 1. The van der Waals surface area contributed by atoms with Crippen molar-refractivity contribution in [3.8, 4) is 11.1 Å². The second-order valence-electron chi connectivity index (χ2n) is 7.17. The molecule has 3 aromatic rings. The summed E-state index contributed by atoms with van der Waals surface area (Å²) in [6.45, 7) is 0.187. The molecular formula is C24H20INO4. The molecule has 6 heteroatoms. The largest absolute Gasteiger partial charge is 0.481 e. The number of hydrogen-bond donors (Lipinski definition) is 2. The van der Waals surface area contributed by atoms with Crippen LogP contribution in [0.2, 0.25) is 0 Å². The van der Waals surface area contributed by atoms with Crippen LogP contribution in [-0.4, -0.2) is 23.8 Å². The summed E-state index contributed by atoms with van der Waals surface area (Å²) in [5.41, 5.74) is 5.30. The Morgan fingerprint density at radius 3 is 2.07 bits per heavy atom. The number of carboxylic acids is 1. The molecule has 4 rings (SSSR count). The molecule has 5 nitrogen and oxygen atoms in total. The highest BCUT2D eigenvalue weighted by Crippen LogP contribution is 2.44. The zero-order valence-corrected chi connectivity index (χ0v) is 18.2. The number of alkyl carbamates (subject to hydrolysis) is 1. The van der Waals surface area contributed by atoms with Crippen LogP contribution in [0.5, 0.6) is 0 Å². The highest BCUT2D eigenvalue weighted by molar-refractivity contribution is 14.1.